The molecule has 0 aromatic carbocycles. The van der Waals surface area contributed by atoms with Crippen molar-refractivity contribution in [2.75, 3.05) is 39.8 Å². The fourth-order valence-corrected chi connectivity index (χ4v) is 3.16. The van der Waals surface area contributed by atoms with Crippen LogP contribution in [0.5, 0.6) is 0 Å². The average molecular weight is 225 g/mol. The lowest BCUT2D eigenvalue weighted by atomic mass is 9.95. The molecule has 0 atom stereocenters. The van der Waals surface area contributed by atoms with Crippen molar-refractivity contribution < 1.29 is 0 Å². The van der Waals surface area contributed by atoms with Gasteiger partial charge in [0.1, 0.15) is 0 Å². The summed E-state index contributed by atoms with van der Waals surface area (Å²) in [6, 6.07) is 0.811. The number of likely N-dealkylation sites (tertiary alicyclic amines) is 1. The molecule has 3 heteroatoms. The van der Waals surface area contributed by atoms with E-state index in [0.29, 0.717) is 5.54 Å². The Labute approximate surface area is 100 Å². The molecule has 2 aliphatic rings. The Bertz CT molecular complexity index is 219. The molecule has 0 aromatic rings. The summed E-state index contributed by atoms with van der Waals surface area (Å²) in [6.45, 7) is 10.9. The number of nitrogens with zero attached hydrogens (tertiary/aromatic N) is 2. The maximum absolute atomic E-state index is 3.56. The Kier molecular flexibility index (Phi) is 3.88. The quantitative estimate of drug-likeness (QED) is 0.722. The number of rotatable bonds is 1. The predicted molar refractivity (Wildman–Crippen MR) is 68.8 cm³/mol. The van der Waals surface area contributed by atoms with E-state index in [1.165, 1.54) is 45.4 Å². The molecule has 0 amide bonds. The van der Waals surface area contributed by atoms with E-state index in [-0.39, 0.29) is 0 Å². The SMILES string of the molecule is CN1CCC(N2CCCNCC2(C)C)CC1. The largest absolute Gasteiger partial charge is 0.315 e. The van der Waals surface area contributed by atoms with Crippen LogP contribution in [0.2, 0.25) is 0 Å². The Hall–Kier alpha value is -0.120. The topological polar surface area (TPSA) is 18.5 Å². The molecule has 1 N–H and O–H groups in total. The smallest absolute Gasteiger partial charge is 0.0280 e. The van der Waals surface area contributed by atoms with Gasteiger partial charge in [-0.2, -0.15) is 0 Å². The van der Waals surface area contributed by atoms with Gasteiger partial charge in [0.15, 0.2) is 0 Å². The van der Waals surface area contributed by atoms with Crippen molar-refractivity contribution in [2.45, 2.75) is 44.7 Å². The lowest BCUT2D eigenvalue weighted by molar-refractivity contribution is 0.0439. The molecule has 2 rings (SSSR count). The molecule has 0 unspecified atom stereocenters. The molecule has 0 spiro atoms. The molecule has 2 heterocycles. The molecule has 0 aromatic heterocycles. The lowest BCUT2D eigenvalue weighted by Crippen LogP contribution is -2.55. The highest BCUT2D eigenvalue weighted by molar-refractivity contribution is 4.92. The van der Waals surface area contributed by atoms with Crippen LogP contribution in [-0.2, 0) is 0 Å². The van der Waals surface area contributed by atoms with Gasteiger partial charge in [0, 0.05) is 24.7 Å². The van der Waals surface area contributed by atoms with Crippen molar-refractivity contribution in [3.8, 4) is 0 Å². The van der Waals surface area contributed by atoms with Crippen LogP contribution < -0.4 is 5.32 Å². The molecule has 0 aliphatic carbocycles. The van der Waals surface area contributed by atoms with Crippen molar-refractivity contribution in [1.29, 1.82) is 0 Å². The highest BCUT2D eigenvalue weighted by Crippen LogP contribution is 2.25. The minimum Gasteiger partial charge on any atom is -0.315 e. The lowest BCUT2D eigenvalue weighted by Gasteiger charge is -2.45. The fraction of sp³-hybridized carbons (Fsp3) is 1.00. The van der Waals surface area contributed by atoms with Crippen LogP contribution >= 0.6 is 0 Å². The Balaban J connectivity index is 1.99. The van der Waals surface area contributed by atoms with Crippen LogP contribution in [0.3, 0.4) is 0 Å². The normalized spacial score (nSPS) is 30.2. The standard InChI is InChI=1S/C13H27N3/c1-13(2)11-14-7-4-8-16(13)12-5-9-15(3)10-6-12/h12,14H,4-11H2,1-3H3. The van der Waals surface area contributed by atoms with E-state index in [1.54, 1.807) is 0 Å². The summed E-state index contributed by atoms with van der Waals surface area (Å²) in [4.78, 5) is 5.22. The van der Waals surface area contributed by atoms with Crippen LogP contribution in [0.25, 0.3) is 0 Å². The number of nitrogens with one attached hydrogen (secondary N) is 1. The first-order valence-electron chi connectivity index (χ1n) is 6.75. The molecule has 0 saturated carbocycles. The molecular weight excluding hydrogens is 198 g/mol. The van der Waals surface area contributed by atoms with Gasteiger partial charge in [-0.1, -0.05) is 0 Å². The zero-order chi connectivity index (χ0) is 11.6. The van der Waals surface area contributed by atoms with E-state index < -0.39 is 0 Å². The van der Waals surface area contributed by atoms with E-state index in [0.717, 1.165) is 12.6 Å². The van der Waals surface area contributed by atoms with Gasteiger partial charge in [-0.05, 0) is 59.8 Å². The average Bonchev–Trinajstić information content (AvgIpc) is 2.41. The van der Waals surface area contributed by atoms with Crippen molar-refractivity contribution in [3.63, 3.8) is 0 Å². The van der Waals surface area contributed by atoms with Crippen LogP contribution in [0.15, 0.2) is 0 Å². The van der Waals surface area contributed by atoms with Crippen molar-refractivity contribution >= 4 is 0 Å². The third kappa shape index (κ3) is 2.76. The number of hydrogen-bond donors (Lipinski definition) is 1. The third-order valence-electron chi connectivity index (χ3n) is 4.22. The molecule has 2 saturated heterocycles. The Morgan fingerprint density at radius 3 is 2.50 bits per heavy atom. The van der Waals surface area contributed by atoms with E-state index in [9.17, 15) is 0 Å². The van der Waals surface area contributed by atoms with E-state index in [2.05, 4.69) is 36.0 Å². The van der Waals surface area contributed by atoms with Crippen LogP contribution in [0, 0.1) is 0 Å². The maximum Gasteiger partial charge on any atom is 0.0280 e. The van der Waals surface area contributed by atoms with Gasteiger partial charge in [-0.3, -0.25) is 4.90 Å². The number of hydrogen-bond acceptors (Lipinski definition) is 3. The van der Waals surface area contributed by atoms with Gasteiger partial charge in [0.2, 0.25) is 0 Å². The molecule has 2 aliphatic heterocycles. The molecule has 94 valence electrons. The summed E-state index contributed by atoms with van der Waals surface area (Å²) in [5.41, 5.74) is 0.330. The highest BCUT2D eigenvalue weighted by atomic mass is 15.3. The van der Waals surface area contributed by atoms with Crippen molar-refractivity contribution in [1.82, 2.24) is 15.1 Å². The van der Waals surface area contributed by atoms with Crippen LogP contribution in [-0.4, -0.2) is 61.2 Å². The molecule has 0 radical (unpaired) electrons. The van der Waals surface area contributed by atoms with Gasteiger partial charge in [0.25, 0.3) is 0 Å². The number of piperidine rings is 1. The van der Waals surface area contributed by atoms with Gasteiger partial charge in [-0.25, -0.2) is 0 Å². The second-order valence-electron chi connectivity index (χ2n) is 6.07. The first kappa shape index (κ1) is 12.3. The summed E-state index contributed by atoms with van der Waals surface area (Å²) in [5.74, 6) is 0. The monoisotopic (exact) mass is 225 g/mol. The summed E-state index contributed by atoms with van der Waals surface area (Å²) in [5, 5.41) is 3.56. The Morgan fingerprint density at radius 1 is 1.12 bits per heavy atom. The zero-order valence-corrected chi connectivity index (χ0v) is 11.1. The zero-order valence-electron chi connectivity index (χ0n) is 11.1. The first-order chi connectivity index (χ1) is 7.59. The van der Waals surface area contributed by atoms with Crippen molar-refractivity contribution in [3.05, 3.63) is 0 Å². The van der Waals surface area contributed by atoms with Gasteiger partial charge in [-0.15, -0.1) is 0 Å². The fourth-order valence-electron chi connectivity index (χ4n) is 3.16. The van der Waals surface area contributed by atoms with E-state index >= 15 is 0 Å². The highest BCUT2D eigenvalue weighted by Gasteiger charge is 2.34. The van der Waals surface area contributed by atoms with E-state index in [1.807, 2.05) is 0 Å². The van der Waals surface area contributed by atoms with Crippen LogP contribution in [0.4, 0.5) is 0 Å². The second kappa shape index (κ2) is 5.03. The summed E-state index contributed by atoms with van der Waals surface area (Å²) in [6.07, 6.45) is 4.00. The summed E-state index contributed by atoms with van der Waals surface area (Å²) >= 11 is 0. The van der Waals surface area contributed by atoms with Gasteiger partial charge in [0.05, 0.1) is 0 Å². The first-order valence-corrected chi connectivity index (χ1v) is 6.75. The van der Waals surface area contributed by atoms with Gasteiger partial charge < -0.3 is 10.2 Å². The van der Waals surface area contributed by atoms with E-state index in [4.69, 9.17) is 0 Å². The second-order valence-corrected chi connectivity index (χ2v) is 6.07. The van der Waals surface area contributed by atoms with Crippen LogP contribution in [0.1, 0.15) is 33.1 Å². The minimum atomic E-state index is 0.330. The molecule has 2 fully saturated rings. The molecular formula is C13H27N3. The Morgan fingerprint density at radius 2 is 1.81 bits per heavy atom. The maximum atomic E-state index is 3.56. The summed E-state index contributed by atoms with van der Waals surface area (Å²) < 4.78 is 0. The van der Waals surface area contributed by atoms with Gasteiger partial charge >= 0.3 is 0 Å². The minimum absolute atomic E-state index is 0.330. The molecule has 16 heavy (non-hydrogen) atoms. The predicted octanol–water partition coefficient (Wildman–Crippen LogP) is 1.15. The third-order valence-corrected chi connectivity index (χ3v) is 4.22. The molecule has 3 nitrogen and oxygen atoms in total. The summed E-state index contributed by atoms with van der Waals surface area (Å²) in [7, 11) is 2.24. The van der Waals surface area contributed by atoms with Crippen molar-refractivity contribution in [2.24, 2.45) is 0 Å². The molecule has 0 bridgehead atoms.